The molecule has 0 bridgehead atoms. The maximum atomic E-state index is 13.0. The van der Waals surface area contributed by atoms with Crippen LogP contribution < -0.4 is 21.3 Å². The van der Waals surface area contributed by atoms with Gasteiger partial charge in [0, 0.05) is 47.3 Å². The van der Waals surface area contributed by atoms with E-state index in [4.69, 9.17) is 0 Å². The highest BCUT2D eigenvalue weighted by Gasteiger charge is 2.26. The van der Waals surface area contributed by atoms with Gasteiger partial charge >= 0.3 is 6.03 Å². The highest BCUT2D eigenvalue weighted by atomic mass is 32.1. The summed E-state index contributed by atoms with van der Waals surface area (Å²) in [5, 5.41) is 14.2. The average Bonchev–Trinajstić information content (AvgIpc) is 3.54. The number of hydrogen-bond donors (Lipinski definition) is 4. The molecule has 174 valence electrons. The normalized spacial score (nSPS) is 14.9. The summed E-state index contributed by atoms with van der Waals surface area (Å²) in [7, 11) is 0. The number of aryl methyl sites for hydroxylation is 1. The summed E-state index contributed by atoms with van der Waals surface area (Å²) in [5.74, 6) is -0.0958. The van der Waals surface area contributed by atoms with E-state index < -0.39 is 0 Å². The molecule has 3 aromatic heterocycles. The first-order chi connectivity index (χ1) is 16.2. The maximum Gasteiger partial charge on any atom is 0.320 e. The summed E-state index contributed by atoms with van der Waals surface area (Å²) in [6.07, 6.45) is 9.15. The Morgan fingerprint density at radius 3 is 2.67 bits per heavy atom. The van der Waals surface area contributed by atoms with Gasteiger partial charge in [-0.1, -0.05) is 0 Å². The molecule has 0 spiro atoms. The highest BCUT2D eigenvalue weighted by molar-refractivity contribution is 7.17. The standard InChI is InChI=1S/C24H29N5O2S2/c1-2-26-21(30)20-16-7-3-4-8-18(16)32-22(20)28-24(31)27-13-17-15-9-10-25-14-19(15)33-23(17)29-11-5-6-12-29/h5-6,11-12,25H,2-4,7-10,13-14H2,1H3,(H,26,30)(H2,27,28,31). The molecular weight excluding hydrogens is 454 g/mol. The quantitative estimate of drug-likeness (QED) is 0.424. The van der Waals surface area contributed by atoms with Crippen molar-refractivity contribution in [2.45, 2.75) is 52.1 Å². The Hall–Kier alpha value is -2.62. The fraction of sp³-hybridized carbons (Fsp3) is 0.417. The first kappa shape index (κ1) is 22.2. The number of hydrogen-bond acceptors (Lipinski definition) is 5. The Kier molecular flexibility index (Phi) is 6.52. The lowest BCUT2D eigenvalue weighted by molar-refractivity contribution is 0.0956. The summed E-state index contributed by atoms with van der Waals surface area (Å²) < 4.78 is 2.12. The van der Waals surface area contributed by atoms with E-state index in [9.17, 15) is 9.59 Å². The fourth-order valence-corrected chi connectivity index (χ4v) is 7.29. The third-order valence-corrected chi connectivity index (χ3v) is 8.74. The molecule has 0 atom stereocenters. The van der Waals surface area contributed by atoms with Gasteiger partial charge in [0.05, 0.1) is 5.56 Å². The molecule has 1 aliphatic heterocycles. The molecule has 33 heavy (non-hydrogen) atoms. The number of thiophene rings is 2. The van der Waals surface area contributed by atoms with E-state index >= 15 is 0 Å². The molecule has 0 saturated heterocycles. The minimum Gasteiger partial charge on any atom is -0.352 e. The number of urea groups is 1. The Balaban J connectivity index is 1.36. The molecule has 4 N–H and O–H groups in total. The van der Waals surface area contributed by atoms with Crippen molar-refractivity contribution in [3.63, 3.8) is 0 Å². The Labute approximate surface area is 201 Å². The number of rotatable bonds is 6. The first-order valence-corrected chi connectivity index (χ1v) is 13.2. The van der Waals surface area contributed by atoms with E-state index in [0.29, 0.717) is 23.7 Å². The van der Waals surface area contributed by atoms with Gasteiger partial charge in [-0.25, -0.2) is 4.79 Å². The Morgan fingerprint density at radius 1 is 1.03 bits per heavy atom. The zero-order valence-electron chi connectivity index (χ0n) is 18.8. The van der Waals surface area contributed by atoms with E-state index in [1.165, 1.54) is 20.9 Å². The minimum absolute atomic E-state index is 0.0958. The summed E-state index contributed by atoms with van der Waals surface area (Å²) >= 11 is 3.33. The lowest BCUT2D eigenvalue weighted by Crippen LogP contribution is -2.31. The highest BCUT2D eigenvalue weighted by Crippen LogP contribution is 2.38. The summed E-state index contributed by atoms with van der Waals surface area (Å²) in [6.45, 7) is 4.75. The van der Waals surface area contributed by atoms with Crippen LogP contribution in [0.5, 0.6) is 0 Å². The lowest BCUT2D eigenvalue weighted by atomic mass is 9.95. The van der Waals surface area contributed by atoms with Crippen molar-refractivity contribution in [3.05, 3.63) is 56.5 Å². The molecule has 0 fully saturated rings. The SMILES string of the molecule is CCNC(=O)c1c(NC(=O)NCc2c(-n3cccc3)sc3c2CCNC3)sc2c1CCCC2. The van der Waals surface area contributed by atoms with Crippen LogP contribution in [0.3, 0.4) is 0 Å². The molecular formula is C24H29N5O2S2. The van der Waals surface area contributed by atoms with Gasteiger partial charge in [-0.2, -0.15) is 0 Å². The van der Waals surface area contributed by atoms with Crippen molar-refractivity contribution in [2.75, 3.05) is 18.4 Å². The minimum atomic E-state index is -0.272. The number of carbonyl (C=O) groups excluding carboxylic acids is 2. The number of anilines is 1. The van der Waals surface area contributed by atoms with Crippen molar-refractivity contribution < 1.29 is 9.59 Å². The van der Waals surface area contributed by atoms with Crippen LogP contribution in [-0.2, 0) is 32.4 Å². The van der Waals surface area contributed by atoms with Gasteiger partial charge < -0.3 is 20.5 Å². The average molecular weight is 484 g/mol. The van der Waals surface area contributed by atoms with Crippen LogP contribution in [0, 0.1) is 0 Å². The number of carbonyl (C=O) groups is 2. The molecule has 0 unspecified atom stereocenters. The largest absolute Gasteiger partial charge is 0.352 e. The molecule has 9 heteroatoms. The predicted octanol–water partition coefficient (Wildman–Crippen LogP) is 4.20. The third-order valence-electron chi connectivity index (χ3n) is 6.24. The van der Waals surface area contributed by atoms with Crippen LogP contribution in [0.25, 0.3) is 5.00 Å². The molecule has 0 saturated carbocycles. The van der Waals surface area contributed by atoms with Crippen molar-refractivity contribution in [2.24, 2.45) is 0 Å². The number of nitrogens with one attached hydrogen (secondary N) is 4. The van der Waals surface area contributed by atoms with Crippen LogP contribution in [0.15, 0.2) is 24.5 Å². The molecule has 5 rings (SSSR count). The number of aromatic nitrogens is 1. The van der Waals surface area contributed by atoms with Gasteiger partial charge in [0.15, 0.2) is 0 Å². The second-order valence-corrected chi connectivity index (χ2v) is 10.6. The second-order valence-electron chi connectivity index (χ2n) is 8.39. The monoisotopic (exact) mass is 483 g/mol. The van der Waals surface area contributed by atoms with Gasteiger partial charge in [-0.15, -0.1) is 22.7 Å². The van der Waals surface area contributed by atoms with Crippen molar-refractivity contribution in [1.29, 1.82) is 0 Å². The van der Waals surface area contributed by atoms with Crippen LogP contribution in [0.1, 0.15) is 56.6 Å². The Morgan fingerprint density at radius 2 is 1.85 bits per heavy atom. The zero-order valence-corrected chi connectivity index (χ0v) is 20.4. The summed E-state index contributed by atoms with van der Waals surface area (Å²) in [5.41, 5.74) is 4.29. The van der Waals surface area contributed by atoms with Crippen molar-refractivity contribution in [1.82, 2.24) is 20.5 Å². The molecule has 2 aliphatic rings. The van der Waals surface area contributed by atoms with Crippen LogP contribution in [-0.4, -0.2) is 29.6 Å². The van der Waals surface area contributed by atoms with E-state index in [1.54, 1.807) is 22.7 Å². The topological polar surface area (TPSA) is 87.2 Å². The smallest absolute Gasteiger partial charge is 0.320 e. The van der Waals surface area contributed by atoms with Crippen LogP contribution >= 0.6 is 22.7 Å². The van der Waals surface area contributed by atoms with Gasteiger partial charge in [0.1, 0.15) is 10.0 Å². The molecule has 4 heterocycles. The number of amides is 3. The van der Waals surface area contributed by atoms with E-state index in [2.05, 4.69) is 25.8 Å². The van der Waals surface area contributed by atoms with Crippen LogP contribution in [0.4, 0.5) is 9.80 Å². The van der Waals surface area contributed by atoms with Gasteiger partial charge in [0.25, 0.3) is 5.91 Å². The summed E-state index contributed by atoms with van der Waals surface area (Å²) in [4.78, 5) is 28.3. The van der Waals surface area contributed by atoms with Gasteiger partial charge in [0.2, 0.25) is 0 Å². The predicted molar refractivity (Wildman–Crippen MR) is 134 cm³/mol. The molecule has 0 aromatic carbocycles. The molecule has 0 radical (unpaired) electrons. The Bertz CT molecular complexity index is 1160. The van der Waals surface area contributed by atoms with Gasteiger partial charge in [-0.05, 0) is 68.8 Å². The number of nitrogens with zero attached hydrogens (tertiary/aromatic N) is 1. The van der Waals surface area contributed by atoms with Crippen molar-refractivity contribution >= 4 is 39.6 Å². The lowest BCUT2D eigenvalue weighted by Gasteiger charge is -2.15. The molecule has 3 aromatic rings. The summed E-state index contributed by atoms with van der Waals surface area (Å²) in [6, 6.07) is 3.76. The zero-order chi connectivity index (χ0) is 22.8. The van der Waals surface area contributed by atoms with Crippen LogP contribution in [0.2, 0.25) is 0 Å². The van der Waals surface area contributed by atoms with E-state index in [1.807, 2.05) is 31.5 Å². The first-order valence-electron chi connectivity index (χ1n) is 11.6. The van der Waals surface area contributed by atoms with Gasteiger partial charge in [-0.3, -0.25) is 10.1 Å². The van der Waals surface area contributed by atoms with E-state index in [0.717, 1.165) is 55.8 Å². The molecule has 7 nitrogen and oxygen atoms in total. The number of fused-ring (bicyclic) bond motifs is 2. The third kappa shape index (κ3) is 4.45. The second kappa shape index (κ2) is 9.70. The molecule has 3 amide bonds. The fourth-order valence-electron chi connectivity index (χ4n) is 4.71. The van der Waals surface area contributed by atoms with Crippen molar-refractivity contribution in [3.8, 4) is 5.00 Å². The van der Waals surface area contributed by atoms with E-state index in [-0.39, 0.29) is 11.9 Å². The maximum absolute atomic E-state index is 13.0. The molecule has 1 aliphatic carbocycles.